The van der Waals surface area contributed by atoms with E-state index in [1.54, 1.807) is 18.2 Å². The number of nitrogens with zero attached hydrogens (tertiary/aromatic N) is 3. The van der Waals surface area contributed by atoms with E-state index in [0.29, 0.717) is 21.7 Å². The molecule has 1 N–H and O–H groups in total. The topological polar surface area (TPSA) is 61.9 Å². The Bertz CT molecular complexity index is 1030. The molecule has 1 aliphatic rings. The van der Waals surface area contributed by atoms with E-state index in [0.717, 1.165) is 38.9 Å². The van der Waals surface area contributed by atoms with Gasteiger partial charge in [0, 0.05) is 31.9 Å². The van der Waals surface area contributed by atoms with Crippen LogP contribution < -0.4 is 5.56 Å². The van der Waals surface area contributed by atoms with Gasteiger partial charge in [0.1, 0.15) is 5.82 Å². The van der Waals surface area contributed by atoms with Crippen LogP contribution in [0.25, 0.3) is 16.5 Å². The zero-order valence-electron chi connectivity index (χ0n) is 15.0. The maximum Gasteiger partial charge on any atom is 0.258 e. The Morgan fingerprint density at radius 1 is 1.19 bits per heavy atom. The van der Waals surface area contributed by atoms with Gasteiger partial charge in [-0.05, 0) is 54.8 Å². The lowest BCUT2D eigenvalue weighted by atomic mass is 10.0. The van der Waals surface area contributed by atoms with Crippen LogP contribution in [0, 0.1) is 0 Å². The molecule has 4 rings (SSSR count). The predicted molar refractivity (Wildman–Crippen MR) is 109 cm³/mol. The van der Waals surface area contributed by atoms with E-state index in [2.05, 4.69) is 38.1 Å². The van der Waals surface area contributed by atoms with Gasteiger partial charge in [-0.2, -0.15) is 0 Å². The Morgan fingerprint density at radius 3 is 2.81 bits per heavy atom. The normalized spacial score (nSPS) is 15.1. The summed E-state index contributed by atoms with van der Waals surface area (Å²) < 4.78 is 0. The Morgan fingerprint density at radius 2 is 2.04 bits per heavy atom. The number of fused-ring (bicyclic) bond motifs is 1. The highest BCUT2D eigenvalue weighted by atomic mass is 35.5. The second-order valence-corrected chi connectivity index (χ2v) is 7.18. The maximum absolute atomic E-state index is 12.2. The Hall–Kier alpha value is -2.50. The number of aryl methyl sites for hydroxylation is 1. The van der Waals surface area contributed by atoms with Gasteiger partial charge < -0.3 is 4.98 Å². The Labute approximate surface area is 162 Å². The number of pyridine rings is 1. The summed E-state index contributed by atoms with van der Waals surface area (Å²) >= 11 is 6.19. The smallest absolute Gasteiger partial charge is 0.258 e. The highest BCUT2D eigenvalue weighted by Gasteiger charge is 2.13. The van der Waals surface area contributed by atoms with E-state index in [9.17, 15) is 4.79 Å². The van der Waals surface area contributed by atoms with Gasteiger partial charge in [-0.3, -0.25) is 14.7 Å². The van der Waals surface area contributed by atoms with Crippen molar-refractivity contribution in [2.45, 2.75) is 19.3 Å². The van der Waals surface area contributed by atoms with Gasteiger partial charge in [-0.1, -0.05) is 23.7 Å². The van der Waals surface area contributed by atoms with Crippen molar-refractivity contribution in [1.29, 1.82) is 0 Å². The van der Waals surface area contributed by atoms with Gasteiger partial charge in [0.25, 0.3) is 5.56 Å². The molecular weight excluding hydrogens is 360 g/mol. The average molecular weight is 381 g/mol. The minimum absolute atomic E-state index is 0.125. The molecule has 3 heterocycles. The third-order valence-electron chi connectivity index (χ3n) is 4.97. The van der Waals surface area contributed by atoms with Gasteiger partial charge in [0.05, 0.1) is 15.9 Å². The molecule has 0 spiro atoms. The summed E-state index contributed by atoms with van der Waals surface area (Å²) in [5.41, 5.74) is 3.12. The number of nitrogens with one attached hydrogen (secondary N) is 1. The number of H-pyrrole nitrogens is 1. The largest absolute Gasteiger partial charge is 0.310 e. The number of hydrogen-bond acceptors (Lipinski definition) is 4. The molecule has 138 valence electrons. The van der Waals surface area contributed by atoms with E-state index in [-0.39, 0.29) is 5.56 Å². The number of rotatable bonds is 5. The van der Waals surface area contributed by atoms with Crippen LogP contribution in [0.2, 0.25) is 5.02 Å². The number of hydrogen-bond donors (Lipinski definition) is 1. The van der Waals surface area contributed by atoms with E-state index in [1.165, 1.54) is 11.1 Å². The van der Waals surface area contributed by atoms with Gasteiger partial charge in [0.2, 0.25) is 0 Å². The third-order valence-corrected chi connectivity index (χ3v) is 5.27. The lowest BCUT2D eigenvalue weighted by Gasteiger charge is -2.26. The third kappa shape index (κ3) is 4.10. The molecule has 1 aliphatic heterocycles. The summed E-state index contributed by atoms with van der Waals surface area (Å²) in [7, 11) is 0. The quantitative estimate of drug-likeness (QED) is 0.733. The summed E-state index contributed by atoms with van der Waals surface area (Å²) in [5.74, 6) is 0.700. The molecule has 3 aromatic rings. The first-order chi connectivity index (χ1) is 13.2. The van der Waals surface area contributed by atoms with E-state index in [1.807, 2.05) is 12.4 Å². The first kappa shape index (κ1) is 17.9. The minimum Gasteiger partial charge on any atom is -0.310 e. The summed E-state index contributed by atoms with van der Waals surface area (Å²) in [4.78, 5) is 26.1. The van der Waals surface area contributed by atoms with Crippen LogP contribution in [-0.2, 0) is 6.42 Å². The van der Waals surface area contributed by atoms with Crippen LogP contribution in [0.4, 0.5) is 0 Å². The van der Waals surface area contributed by atoms with Gasteiger partial charge in [-0.15, -0.1) is 0 Å². The molecule has 0 saturated heterocycles. The average Bonchev–Trinajstić information content (AvgIpc) is 2.70. The molecule has 0 unspecified atom stereocenters. The van der Waals surface area contributed by atoms with E-state index >= 15 is 0 Å². The molecule has 0 radical (unpaired) electrons. The van der Waals surface area contributed by atoms with Crippen molar-refractivity contribution in [1.82, 2.24) is 19.9 Å². The summed E-state index contributed by atoms with van der Waals surface area (Å²) in [6.45, 7) is 2.97. The fraction of sp³-hybridized carbons (Fsp3) is 0.286. The molecule has 6 heteroatoms. The number of aromatic amines is 1. The van der Waals surface area contributed by atoms with Gasteiger partial charge >= 0.3 is 0 Å². The second-order valence-electron chi connectivity index (χ2n) is 6.77. The Kier molecular flexibility index (Phi) is 5.32. The number of halogens is 1. The van der Waals surface area contributed by atoms with Crippen molar-refractivity contribution in [2.24, 2.45) is 0 Å². The standard InChI is InChI=1S/C21H21ClN4O/c22-18-4-1-3-17-20(18)24-19(25-21(17)27)5-2-12-26-13-8-16(9-14-26)15-6-10-23-11-7-15/h1,3-4,6-8,10-11H,2,5,9,12-14H2,(H,24,25,27). The van der Waals surface area contributed by atoms with Gasteiger partial charge in [0.15, 0.2) is 0 Å². The molecule has 0 bridgehead atoms. The number of aromatic nitrogens is 3. The van der Waals surface area contributed by atoms with Crippen LogP contribution in [0.3, 0.4) is 0 Å². The zero-order valence-corrected chi connectivity index (χ0v) is 15.7. The van der Waals surface area contributed by atoms with E-state index < -0.39 is 0 Å². The molecule has 2 aromatic heterocycles. The number of para-hydroxylation sites is 1. The molecule has 5 nitrogen and oxygen atoms in total. The molecular formula is C21H21ClN4O. The van der Waals surface area contributed by atoms with Crippen molar-refractivity contribution in [2.75, 3.05) is 19.6 Å². The van der Waals surface area contributed by atoms with Crippen LogP contribution in [0.5, 0.6) is 0 Å². The summed E-state index contributed by atoms with van der Waals surface area (Å²) in [5, 5.41) is 1.06. The van der Waals surface area contributed by atoms with Gasteiger partial charge in [-0.25, -0.2) is 4.98 Å². The minimum atomic E-state index is -0.125. The van der Waals surface area contributed by atoms with Crippen molar-refractivity contribution in [3.8, 4) is 0 Å². The molecule has 1 aromatic carbocycles. The molecule has 0 saturated carbocycles. The zero-order chi connectivity index (χ0) is 18.6. The first-order valence-corrected chi connectivity index (χ1v) is 9.58. The fourth-order valence-electron chi connectivity index (χ4n) is 3.50. The lowest BCUT2D eigenvalue weighted by molar-refractivity contribution is 0.297. The second kappa shape index (κ2) is 8.03. The fourth-order valence-corrected chi connectivity index (χ4v) is 3.72. The van der Waals surface area contributed by atoms with Crippen LogP contribution in [-0.4, -0.2) is 39.5 Å². The summed E-state index contributed by atoms with van der Waals surface area (Å²) in [6, 6.07) is 9.41. The van der Waals surface area contributed by atoms with E-state index in [4.69, 9.17) is 11.6 Å². The maximum atomic E-state index is 12.2. The molecule has 0 fully saturated rings. The van der Waals surface area contributed by atoms with Crippen molar-refractivity contribution in [3.05, 3.63) is 75.6 Å². The van der Waals surface area contributed by atoms with Crippen LogP contribution in [0.1, 0.15) is 24.2 Å². The molecule has 0 atom stereocenters. The highest BCUT2D eigenvalue weighted by molar-refractivity contribution is 6.34. The highest BCUT2D eigenvalue weighted by Crippen LogP contribution is 2.22. The van der Waals surface area contributed by atoms with Crippen LogP contribution >= 0.6 is 11.6 Å². The van der Waals surface area contributed by atoms with Crippen LogP contribution in [0.15, 0.2) is 53.6 Å². The monoisotopic (exact) mass is 380 g/mol. The predicted octanol–water partition coefficient (Wildman–Crippen LogP) is 3.69. The first-order valence-electron chi connectivity index (χ1n) is 9.20. The van der Waals surface area contributed by atoms with Crippen molar-refractivity contribution < 1.29 is 0 Å². The molecule has 0 aliphatic carbocycles. The molecule has 0 amide bonds. The van der Waals surface area contributed by atoms with Crippen molar-refractivity contribution in [3.63, 3.8) is 0 Å². The summed E-state index contributed by atoms with van der Waals surface area (Å²) in [6.07, 6.45) is 8.70. The lowest BCUT2D eigenvalue weighted by Crippen LogP contribution is -2.30. The molecule has 27 heavy (non-hydrogen) atoms. The van der Waals surface area contributed by atoms with Crippen molar-refractivity contribution >= 4 is 28.1 Å². The SMILES string of the molecule is O=c1[nH]c(CCCN2CC=C(c3ccncc3)CC2)nc2c(Cl)cccc12. The number of benzene rings is 1. The Balaban J connectivity index is 1.36.